The SMILES string of the molecule is [2H][C@@]1(n2cc(C#C)c(=S)[nH]c2=O)O[C@](F)(COP2(=O)OCc3cccc(OC)c3O2)[C@@H](O)[C@H]1O. The zero-order chi connectivity index (χ0) is 24.9. The number of alkyl halides is 1. The van der Waals surface area contributed by atoms with Crippen LogP contribution in [0, 0.1) is 17.0 Å². The third-order valence-electron chi connectivity index (χ3n) is 4.88. The number of aromatic nitrogens is 2. The molecule has 0 bridgehead atoms. The molecule has 0 aliphatic carbocycles. The number of phosphoric acid groups is 1. The molecule has 33 heavy (non-hydrogen) atoms. The van der Waals surface area contributed by atoms with Gasteiger partial charge < -0.3 is 24.2 Å². The van der Waals surface area contributed by atoms with Crippen molar-refractivity contribution < 1.29 is 43.6 Å². The number of halogens is 1. The smallest absolute Gasteiger partial charge is 0.493 e. The molecule has 176 valence electrons. The normalized spacial score (nSPS) is 33.5. The van der Waals surface area contributed by atoms with Crippen molar-refractivity contribution in [3.05, 3.63) is 50.6 Å². The summed E-state index contributed by atoms with van der Waals surface area (Å²) in [7, 11) is -3.08. The van der Waals surface area contributed by atoms with Crippen LogP contribution in [0.5, 0.6) is 11.5 Å². The van der Waals surface area contributed by atoms with Crippen LogP contribution in [-0.2, 0) is 25.0 Å². The van der Waals surface area contributed by atoms with Crippen molar-refractivity contribution in [3.63, 3.8) is 0 Å². The Kier molecular flexibility index (Phi) is 5.84. The van der Waals surface area contributed by atoms with Gasteiger partial charge in [0.25, 0.3) is 5.85 Å². The number of rotatable bonds is 5. The fraction of sp³-hybridized carbons (Fsp3) is 0.368. The first-order valence-electron chi connectivity index (χ1n) is 9.79. The molecule has 2 aromatic rings. The Morgan fingerprint density at radius 2 is 2.30 bits per heavy atom. The second-order valence-electron chi connectivity index (χ2n) is 6.97. The molecule has 1 saturated heterocycles. The predicted octanol–water partition coefficient (Wildman–Crippen LogP) is 1.55. The molecule has 3 N–H and O–H groups in total. The van der Waals surface area contributed by atoms with Gasteiger partial charge in [0.15, 0.2) is 17.7 Å². The second-order valence-corrected chi connectivity index (χ2v) is 8.97. The number of fused-ring (bicyclic) bond motifs is 1. The van der Waals surface area contributed by atoms with Gasteiger partial charge in [0, 0.05) is 11.8 Å². The number of terminal acetylenes is 1. The van der Waals surface area contributed by atoms with Gasteiger partial charge in [-0.15, -0.1) is 6.42 Å². The van der Waals surface area contributed by atoms with E-state index in [1.54, 1.807) is 12.1 Å². The lowest BCUT2D eigenvalue weighted by atomic mass is 10.1. The molecule has 0 saturated carbocycles. The average molecular weight is 501 g/mol. The van der Waals surface area contributed by atoms with E-state index in [-0.39, 0.29) is 28.3 Å². The molecule has 1 aromatic heterocycles. The van der Waals surface area contributed by atoms with Crippen molar-refractivity contribution in [1.29, 1.82) is 0 Å². The summed E-state index contributed by atoms with van der Waals surface area (Å²) >= 11 is 4.89. The number of ether oxygens (including phenoxy) is 2. The predicted molar refractivity (Wildman–Crippen MR) is 112 cm³/mol. The van der Waals surface area contributed by atoms with Gasteiger partial charge in [0.1, 0.15) is 23.5 Å². The highest BCUT2D eigenvalue weighted by Gasteiger charge is 2.57. The summed E-state index contributed by atoms with van der Waals surface area (Å²) in [6.07, 6.45) is -1.41. The number of benzene rings is 1. The monoisotopic (exact) mass is 501 g/mol. The van der Waals surface area contributed by atoms with Gasteiger partial charge in [-0.1, -0.05) is 30.3 Å². The molecule has 5 atom stereocenters. The Balaban J connectivity index is 1.59. The van der Waals surface area contributed by atoms with Crippen LogP contribution in [0.15, 0.2) is 29.2 Å². The highest BCUT2D eigenvalue weighted by atomic mass is 32.1. The van der Waals surface area contributed by atoms with E-state index in [0.717, 1.165) is 6.20 Å². The van der Waals surface area contributed by atoms with E-state index in [2.05, 4.69) is 10.9 Å². The molecule has 4 rings (SSSR count). The van der Waals surface area contributed by atoms with Gasteiger partial charge >= 0.3 is 13.5 Å². The molecule has 3 heterocycles. The van der Waals surface area contributed by atoms with E-state index >= 15 is 4.39 Å². The van der Waals surface area contributed by atoms with Gasteiger partial charge in [-0.2, -0.15) is 0 Å². The summed E-state index contributed by atoms with van der Waals surface area (Å²) < 4.78 is 62.7. The second kappa shape index (κ2) is 8.66. The van der Waals surface area contributed by atoms with Crippen molar-refractivity contribution in [2.24, 2.45) is 0 Å². The van der Waals surface area contributed by atoms with Crippen molar-refractivity contribution in [3.8, 4) is 23.8 Å². The zero-order valence-electron chi connectivity index (χ0n) is 17.9. The van der Waals surface area contributed by atoms with Crippen LogP contribution in [0.2, 0.25) is 0 Å². The van der Waals surface area contributed by atoms with E-state index in [1.807, 2.05) is 0 Å². The summed E-state index contributed by atoms with van der Waals surface area (Å²) in [6, 6.07) is 4.81. The maximum absolute atomic E-state index is 15.6. The largest absolute Gasteiger partial charge is 0.530 e. The Hall–Kier alpha value is -2.56. The zero-order valence-corrected chi connectivity index (χ0v) is 18.6. The minimum atomic E-state index is -4.44. The third-order valence-corrected chi connectivity index (χ3v) is 6.50. The van der Waals surface area contributed by atoms with Gasteiger partial charge in [0.05, 0.1) is 20.7 Å². The standard InChI is InChI=1S/C19H18FN2O9PS/c1-3-10-7-22(18(25)21-16(10)33)17-13(23)15(24)19(20,30-17)9-29-32(26)28-8-11-5-4-6-12(27-2)14(11)31-32/h1,4-7,13,15,17,23-24H,8-9H2,2H3,(H,21,25,33)/t13-,15+,17-,19-,32?/m1/s1/i17D. The highest BCUT2D eigenvalue weighted by Crippen LogP contribution is 2.57. The summed E-state index contributed by atoms with van der Waals surface area (Å²) in [5, 5.41) is 20.7. The quantitative estimate of drug-likeness (QED) is 0.314. The molecular weight excluding hydrogens is 482 g/mol. The lowest BCUT2D eigenvalue weighted by molar-refractivity contribution is -0.205. The summed E-state index contributed by atoms with van der Waals surface area (Å²) in [4.78, 5) is 14.5. The fourth-order valence-electron chi connectivity index (χ4n) is 3.17. The number of nitrogens with one attached hydrogen (secondary N) is 1. The topological polar surface area (TPSA) is 141 Å². The van der Waals surface area contributed by atoms with E-state index in [1.165, 1.54) is 13.2 Å². The average Bonchev–Trinajstić information content (AvgIpc) is 2.98. The maximum atomic E-state index is 15.6. The number of nitrogens with zero attached hydrogens (tertiary/aromatic N) is 1. The van der Waals surface area contributed by atoms with Gasteiger partial charge in [-0.25, -0.2) is 13.8 Å². The van der Waals surface area contributed by atoms with Crippen LogP contribution in [0.25, 0.3) is 0 Å². The van der Waals surface area contributed by atoms with Crippen molar-refractivity contribution >= 4 is 20.0 Å². The number of methoxy groups -OCH3 is 1. The first kappa shape index (κ1) is 22.2. The Morgan fingerprint density at radius 3 is 3.00 bits per heavy atom. The summed E-state index contributed by atoms with van der Waals surface area (Å²) in [5.74, 6) is -0.864. The van der Waals surface area contributed by atoms with Crippen LogP contribution < -0.4 is 15.0 Å². The number of aliphatic hydroxyl groups excluding tert-OH is 2. The Bertz CT molecular complexity index is 1330. The number of aliphatic hydroxyl groups is 2. The van der Waals surface area contributed by atoms with Crippen molar-refractivity contribution in [2.75, 3.05) is 13.7 Å². The minimum Gasteiger partial charge on any atom is -0.493 e. The van der Waals surface area contributed by atoms with Crippen LogP contribution in [0.4, 0.5) is 4.39 Å². The number of para-hydroxylation sites is 1. The molecule has 14 heteroatoms. The molecule has 0 amide bonds. The Labute approximate surface area is 192 Å². The number of H-pyrrole nitrogens is 1. The number of hydrogen-bond acceptors (Lipinski definition) is 10. The van der Waals surface area contributed by atoms with E-state index in [4.69, 9.17) is 43.1 Å². The molecular formula is C19H18FN2O9PS. The fourth-order valence-corrected chi connectivity index (χ4v) is 4.61. The summed E-state index contributed by atoms with van der Waals surface area (Å²) in [5.41, 5.74) is -0.627. The highest BCUT2D eigenvalue weighted by molar-refractivity contribution is 7.71. The van der Waals surface area contributed by atoms with E-state index in [9.17, 15) is 19.6 Å². The van der Waals surface area contributed by atoms with E-state index in [0.29, 0.717) is 10.1 Å². The lowest BCUT2D eigenvalue weighted by Gasteiger charge is -2.28. The molecule has 1 fully saturated rings. The van der Waals surface area contributed by atoms with Crippen LogP contribution >= 0.6 is 20.0 Å². The lowest BCUT2D eigenvalue weighted by Crippen LogP contribution is -2.43. The molecule has 1 aromatic carbocycles. The van der Waals surface area contributed by atoms with Crippen molar-refractivity contribution in [1.82, 2.24) is 9.55 Å². The first-order valence-corrected chi connectivity index (χ1v) is 11.2. The van der Waals surface area contributed by atoms with Crippen LogP contribution in [-0.4, -0.2) is 51.5 Å². The third kappa shape index (κ3) is 4.22. The van der Waals surface area contributed by atoms with E-state index < -0.39 is 44.4 Å². The number of phosphoric ester groups is 1. The molecule has 2 aliphatic rings. The molecule has 11 nitrogen and oxygen atoms in total. The van der Waals surface area contributed by atoms with Gasteiger partial charge in [-0.05, 0) is 6.07 Å². The summed E-state index contributed by atoms with van der Waals surface area (Å²) in [6.45, 7) is -1.52. The first-order chi connectivity index (χ1) is 16.0. The Morgan fingerprint density at radius 1 is 1.55 bits per heavy atom. The maximum Gasteiger partial charge on any atom is 0.530 e. The van der Waals surface area contributed by atoms with Crippen molar-refractivity contribution in [2.45, 2.75) is 30.9 Å². The molecule has 0 spiro atoms. The minimum absolute atomic E-state index is 0.0554. The molecule has 2 aliphatic heterocycles. The van der Waals surface area contributed by atoms with Gasteiger partial charge in [0.2, 0.25) is 0 Å². The molecule has 1 unspecified atom stereocenters. The van der Waals surface area contributed by atoms with Crippen LogP contribution in [0.1, 0.15) is 18.7 Å². The molecule has 0 radical (unpaired) electrons. The van der Waals surface area contributed by atoms with Crippen LogP contribution in [0.3, 0.4) is 0 Å². The number of aromatic amines is 1. The number of hydrogen-bond donors (Lipinski definition) is 3. The van der Waals surface area contributed by atoms with Gasteiger partial charge in [-0.3, -0.25) is 18.6 Å².